The maximum absolute atomic E-state index is 13.9. The van der Waals surface area contributed by atoms with Crippen LogP contribution in [-0.4, -0.2) is 30.2 Å². The van der Waals surface area contributed by atoms with E-state index in [9.17, 15) is 27.2 Å². The van der Waals surface area contributed by atoms with Gasteiger partial charge in [0.25, 0.3) is 0 Å². The number of nitrogens with one attached hydrogen (secondary N) is 1. The van der Waals surface area contributed by atoms with E-state index in [-0.39, 0.29) is 6.61 Å². The number of halogens is 5. The first-order chi connectivity index (χ1) is 11.3. The molecule has 1 aromatic carbocycles. The van der Waals surface area contributed by atoms with Crippen molar-refractivity contribution in [2.45, 2.75) is 13.8 Å². The number of hydrogen-bond acceptors (Lipinski definition) is 4. The van der Waals surface area contributed by atoms with Crippen LogP contribution in [0.2, 0.25) is 0 Å². The van der Waals surface area contributed by atoms with Gasteiger partial charge in [0, 0.05) is 23.6 Å². The highest BCUT2D eigenvalue weighted by molar-refractivity contribution is 9.09. The fourth-order valence-electron chi connectivity index (χ4n) is 1.80. The molecule has 0 unspecified atom stereocenters. The van der Waals surface area contributed by atoms with Gasteiger partial charge in [0.05, 0.1) is 12.2 Å². The van der Waals surface area contributed by atoms with Crippen LogP contribution in [0, 0.1) is 30.2 Å². The van der Waals surface area contributed by atoms with Crippen molar-refractivity contribution in [3.8, 4) is 0 Å². The lowest BCUT2D eigenvalue weighted by molar-refractivity contribution is -0.138. The maximum Gasteiger partial charge on any atom is 0.343 e. The molecular formula is C15H14BrF4NO3. The molecule has 0 aromatic heterocycles. The Morgan fingerprint density at radius 3 is 2.25 bits per heavy atom. The zero-order valence-electron chi connectivity index (χ0n) is 12.8. The molecule has 9 heteroatoms. The number of carbonyl (C=O) groups excluding carboxylic acids is 2. The summed E-state index contributed by atoms with van der Waals surface area (Å²) in [6, 6.07) is 0. The Hall–Kier alpha value is -1.90. The van der Waals surface area contributed by atoms with Crippen molar-refractivity contribution < 1.29 is 31.9 Å². The van der Waals surface area contributed by atoms with E-state index in [0.717, 1.165) is 13.1 Å². The maximum atomic E-state index is 13.9. The summed E-state index contributed by atoms with van der Waals surface area (Å²) in [4.78, 5) is 24.3. The van der Waals surface area contributed by atoms with Gasteiger partial charge in [-0.1, -0.05) is 15.9 Å². The zero-order chi connectivity index (χ0) is 18.4. The van der Waals surface area contributed by atoms with Crippen molar-refractivity contribution in [3.63, 3.8) is 0 Å². The molecule has 0 spiro atoms. The summed E-state index contributed by atoms with van der Waals surface area (Å²) in [7, 11) is 0. The molecule has 1 rings (SSSR count). The molecule has 0 fully saturated rings. The fraction of sp³-hybridized carbons (Fsp3) is 0.333. The molecule has 1 aromatic rings. The third kappa shape index (κ3) is 4.14. The van der Waals surface area contributed by atoms with Crippen LogP contribution in [0.25, 0.3) is 0 Å². The molecule has 0 aliphatic carbocycles. The average Bonchev–Trinajstić information content (AvgIpc) is 2.55. The lowest BCUT2D eigenvalue weighted by Gasteiger charge is -2.12. The van der Waals surface area contributed by atoms with Gasteiger partial charge >= 0.3 is 5.97 Å². The van der Waals surface area contributed by atoms with Crippen LogP contribution in [0.5, 0.6) is 0 Å². The summed E-state index contributed by atoms with van der Waals surface area (Å²) >= 11 is 3.11. The largest absolute Gasteiger partial charge is 0.462 e. The van der Waals surface area contributed by atoms with E-state index in [2.05, 4.69) is 26.0 Å². The molecule has 0 amide bonds. The second kappa shape index (κ2) is 8.81. The van der Waals surface area contributed by atoms with Crippen molar-refractivity contribution in [2.24, 2.45) is 0 Å². The van der Waals surface area contributed by atoms with E-state index in [1.165, 1.54) is 6.92 Å². The molecule has 0 saturated carbocycles. The molecule has 0 aliphatic heterocycles. The second-order valence-electron chi connectivity index (χ2n) is 4.51. The monoisotopic (exact) mass is 411 g/mol. The number of alkyl halides is 1. The SMILES string of the molecule is CCOC(=O)/C(=C/NCCBr)C(=O)c1c(C)c(F)c(F)c(F)c1F. The van der Waals surface area contributed by atoms with Crippen LogP contribution in [0.3, 0.4) is 0 Å². The van der Waals surface area contributed by atoms with Gasteiger partial charge in [0.15, 0.2) is 23.3 Å². The number of ether oxygens (including phenoxy) is 1. The van der Waals surface area contributed by atoms with Crippen molar-refractivity contribution in [1.82, 2.24) is 5.32 Å². The molecule has 0 saturated heterocycles. The predicted molar refractivity (Wildman–Crippen MR) is 81.9 cm³/mol. The van der Waals surface area contributed by atoms with Gasteiger partial charge in [0.1, 0.15) is 5.57 Å². The molecule has 0 bridgehead atoms. The molecule has 4 nitrogen and oxygen atoms in total. The Morgan fingerprint density at radius 1 is 1.12 bits per heavy atom. The van der Waals surface area contributed by atoms with Gasteiger partial charge in [-0.3, -0.25) is 4.79 Å². The Labute approximate surface area is 144 Å². The molecule has 0 radical (unpaired) electrons. The number of esters is 1. The van der Waals surface area contributed by atoms with Crippen LogP contribution in [-0.2, 0) is 9.53 Å². The van der Waals surface area contributed by atoms with Crippen LogP contribution in [0.15, 0.2) is 11.8 Å². The third-order valence-electron chi connectivity index (χ3n) is 2.95. The van der Waals surface area contributed by atoms with Crippen molar-refractivity contribution in [1.29, 1.82) is 0 Å². The highest BCUT2D eigenvalue weighted by atomic mass is 79.9. The Balaban J connectivity index is 3.44. The van der Waals surface area contributed by atoms with E-state index < -0.39 is 51.7 Å². The Kier molecular flexibility index (Phi) is 7.40. The lowest BCUT2D eigenvalue weighted by Crippen LogP contribution is -2.23. The second-order valence-corrected chi connectivity index (χ2v) is 5.30. The van der Waals surface area contributed by atoms with Gasteiger partial charge in [-0.25, -0.2) is 22.4 Å². The molecule has 24 heavy (non-hydrogen) atoms. The number of ketones is 1. The Morgan fingerprint density at radius 2 is 1.71 bits per heavy atom. The average molecular weight is 412 g/mol. The van der Waals surface area contributed by atoms with Crippen molar-refractivity contribution in [2.75, 3.05) is 18.5 Å². The van der Waals surface area contributed by atoms with E-state index in [1.54, 1.807) is 0 Å². The molecule has 0 heterocycles. The predicted octanol–water partition coefficient (Wildman–Crippen LogP) is 3.17. The Bertz CT molecular complexity index is 663. The van der Waals surface area contributed by atoms with Crippen molar-refractivity contribution in [3.05, 3.63) is 46.2 Å². The zero-order valence-corrected chi connectivity index (χ0v) is 14.4. The van der Waals surface area contributed by atoms with Gasteiger partial charge in [-0.2, -0.15) is 0 Å². The minimum atomic E-state index is -2.13. The molecular weight excluding hydrogens is 398 g/mol. The van der Waals surface area contributed by atoms with Gasteiger partial charge in [0.2, 0.25) is 5.78 Å². The van der Waals surface area contributed by atoms with Crippen LogP contribution >= 0.6 is 15.9 Å². The number of carbonyl (C=O) groups is 2. The quantitative estimate of drug-likeness (QED) is 0.0715. The summed E-state index contributed by atoms with van der Waals surface area (Å²) in [6.07, 6.45) is 0.958. The first kappa shape index (κ1) is 20.1. The molecule has 0 atom stereocenters. The van der Waals surface area contributed by atoms with Gasteiger partial charge in [-0.05, 0) is 13.8 Å². The molecule has 132 valence electrons. The van der Waals surface area contributed by atoms with Crippen molar-refractivity contribution >= 4 is 27.7 Å². The highest BCUT2D eigenvalue weighted by Gasteiger charge is 2.31. The summed E-state index contributed by atoms with van der Waals surface area (Å²) in [6.45, 7) is 2.62. The summed E-state index contributed by atoms with van der Waals surface area (Å²) < 4.78 is 58.9. The normalized spacial score (nSPS) is 11.4. The summed E-state index contributed by atoms with van der Waals surface area (Å²) in [5.41, 5.74) is -2.47. The number of benzene rings is 1. The summed E-state index contributed by atoms with van der Waals surface area (Å²) in [5, 5.41) is 3.06. The first-order valence-corrected chi connectivity index (χ1v) is 7.93. The first-order valence-electron chi connectivity index (χ1n) is 6.81. The van der Waals surface area contributed by atoms with E-state index in [4.69, 9.17) is 0 Å². The minimum absolute atomic E-state index is 0.0739. The fourth-order valence-corrected chi connectivity index (χ4v) is 2.03. The van der Waals surface area contributed by atoms with Gasteiger partial charge < -0.3 is 10.1 Å². The molecule has 0 aliphatic rings. The standard InChI is InChI=1S/C15H14BrF4NO3/c1-3-24-15(23)8(6-21-5-4-16)14(22)9-7(2)10(17)12(19)13(20)11(9)18/h6,21H,3-5H2,1-2H3/b8-6+. The minimum Gasteiger partial charge on any atom is -0.462 e. The topological polar surface area (TPSA) is 55.4 Å². The third-order valence-corrected chi connectivity index (χ3v) is 3.35. The lowest BCUT2D eigenvalue weighted by atomic mass is 9.97. The van der Waals surface area contributed by atoms with Gasteiger partial charge in [-0.15, -0.1) is 0 Å². The highest BCUT2D eigenvalue weighted by Crippen LogP contribution is 2.26. The van der Waals surface area contributed by atoms with Crippen LogP contribution < -0.4 is 5.32 Å². The number of rotatable bonds is 7. The smallest absolute Gasteiger partial charge is 0.343 e. The van der Waals surface area contributed by atoms with E-state index in [0.29, 0.717) is 11.9 Å². The number of Topliss-reactive ketones (excluding diaryl/α,β-unsaturated/α-hetero) is 1. The van der Waals surface area contributed by atoms with E-state index in [1.807, 2.05) is 0 Å². The summed E-state index contributed by atoms with van der Waals surface area (Å²) in [5.74, 6) is -10.1. The van der Waals surface area contributed by atoms with Crippen LogP contribution in [0.4, 0.5) is 17.6 Å². The van der Waals surface area contributed by atoms with E-state index >= 15 is 0 Å². The molecule has 1 N–H and O–H groups in total. The van der Waals surface area contributed by atoms with Crippen LogP contribution in [0.1, 0.15) is 22.8 Å². The number of hydrogen-bond donors (Lipinski definition) is 1.